The Balaban J connectivity index is 0.000000388. The van der Waals surface area contributed by atoms with Crippen LogP contribution in [-0.2, 0) is 0 Å². The predicted molar refractivity (Wildman–Crippen MR) is 109 cm³/mol. The molecule has 0 saturated carbocycles. The molecule has 0 aliphatic carbocycles. The van der Waals surface area contributed by atoms with Gasteiger partial charge in [0, 0.05) is 45.3 Å². The highest BCUT2D eigenvalue weighted by molar-refractivity contribution is 5.48. The van der Waals surface area contributed by atoms with Gasteiger partial charge in [-0.15, -0.1) is 0 Å². The number of pyridine rings is 1. The molecule has 6 nitrogen and oxygen atoms in total. The average molecular weight is 351 g/mol. The summed E-state index contributed by atoms with van der Waals surface area (Å²) in [5.41, 5.74) is 6.80. The van der Waals surface area contributed by atoms with Crippen molar-refractivity contribution in [1.29, 1.82) is 0 Å². The number of anilines is 2. The number of likely N-dealkylation sites (tertiary alicyclic amines) is 1. The first kappa shape index (κ1) is 21.7. The molecule has 3 heterocycles. The highest BCUT2D eigenvalue weighted by Gasteiger charge is 2.31. The van der Waals surface area contributed by atoms with E-state index in [1.807, 2.05) is 26.1 Å². The van der Waals surface area contributed by atoms with E-state index in [1.54, 1.807) is 0 Å². The molecule has 2 aliphatic heterocycles. The summed E-state index contributed by atoms with van der Waals surface area (Å²) in [6, 6.07) is 4.72. The van der Waals surface area contributed by atoms with E-state index in [1.165, 1.54) is 18.8 Å². The van der Waals surface area contributed by atoms with E-state index in [2.05, 4.69) is 58.7 Å². The van der Waals surface area contributed by atoms with Gasteiger partial charge in [0.15, 0.2) is 0 Å². The fourth-order valence-electron chi connectivity index (χ4n) is 2.83. The molecule has 144 valence electrons. The van der Waals surface area contributed by atoms with Gasteiger partial charge in [-0.05, 0) is 39.8 Å². The fourth-order valence-corrected chi connectivity index (χ4v) is 2.83. The molecule has 0 bridgehead atoms. The summed E-state index contributed by atoms with van der Waals surface area (Å²) >= 11 is 0. The van der Waals surface area contributed by atoms with Gasteiger partial charge in [-0.25, -0.2) is 4.98 Å². The van der Waals surface area contributed by atoms with E-state index in [-0.39, 0.29) is 0 Å². The number of hydrogen-bond donors (Lipinski definition) is 1. The summed E-state index contributed by atoms with van der Waals surface area (Å²) in [7, 11) is 6.30. The molecule has 6 heteroatoms. The van der Waals surface area contributed by atoms with Gasteiger partial charge < -0.3 is 20.4 Å². The van der Waals surface area contributed by atoms with Crippen molar-refractivity contribution < 1.29 is 0 Å². The Hall–Kier alpha value is -1.37. The van der Waals surface area contributed by atoms with E-state index in [0.717, 1.165) is 38.8 Å². The second-order valence-electron chi connectivity index (χ2n) is 6.74. The molecular formula is C19H38N6. The molecule has 0 radical (unpaired) electrons. The highest BCUT2D eigenvalue weighted by Crippen LogP contribution is 2.19. The highest BCUT2D eigenvalue weighted by atomic mass is 15.3. The van der Waals surface area contributed by atoms with E-state index in [4.69, 9.17) is 5.73 Å². The monoisotopic (exact) mass is 350 g/mol. The largest absolute Gasteiger partial charge is 0.384 e. The van der Waals surface area contributed by atoms with Gasteiger partial charge in [0.05, 0.1) is 11.9 Å². The second kappa shape index (κ2) is 11.3. The smallest absolute Gasteiger partial charge is 0.123 e. The predicted octanol–water partition coefficient (Wildman–Crippen LogP) is 1.69. The number of hydrogen-bond acceptors (Lipinski definition) is 6. The summed E-state index contributed by atoms with van der Waals surface area (Å²) in [5, 5.41) is 0. The topological polar surface area (TPSA) is 51.9 Å². The summed E-state index contributed by atoms with van der Waals surface area (Å²) in [5.74, 6) is 0.592. The summed E-state index contributed by atoms with van der Waals surface area (Å²) < 4.78 is 0. The van der Waals surface area contributed by atoms with Gasteiger partial charge in [-0.1, -0.05) is 20.8 Å². The van der Waals surface area contributed by atoms with Crippen LogP contribution in [0.2, 0.25) is 0 Å². The van der Waals surface area contributed by atoms with Crippen LogP contribution in [0.4, 0.5) is 11.5 Å². The number of aromatic nitrogens is 1. The molecule has 25 heavy (non-hydrogen) atoms. The van der Waals surface area contributed by atoms with Crippen molar-refractivity contribution in [1.82, 2.24) is 19.7 Å². The minimum Gasteiger partial charge on any atom is -0.384 e. The number of likely N-dealkylation sites (N-methyl/N-ethyl adjacent to an activating group) is 1. The zero-order chi connectivity index (χ0) is 18.8. The quantitative estimate of drug-likeness (QED) is 0.895. The van der Waals surface area contributed by atoms with E-state index in [9.17, 15) is 0 Å². The molecular weight excluding hydrogens is 312 g/mol. The SMILES string of the molecule is CC.CCN(C)C.CN1CC(N2CCN(c3ccc(N)nc3)CC2)C1. The van der Waals surface area contributed by atoms with Gasteiger partial charge in [0.25, 0.3) is 0 Å². The Morgan fingerprint density at radius 1 is 1.12 bits per heavy atom. The van der Waals surface area contributed by atoms with Gasteiger partial charge in [-0.3, -0.25) is 4.90 Å². The van der Waals surface area contributed by atoms with Crippen molar-refractivity contribution in [2.75, 3.05) is 77.6 Å². The van der Waals surface area contributed by atoms with Crippen molar-refractivity contribution in [2.24, 2.45) is 0 Å². The molecule has 2 aliphatic rings. The minimum atomic E-state index is 0.592. The molecule has 0 aromatic carbocycles. The van der Waals surface area contributed by atoms with Gasteiger partial charge in [-0.2, -0.15) is 0 Å². The standard InChI is InChI=1S/C13H21N5.C4H11N.C2H6/c1-16-9-12(10-16)18-6-4-17(5-7-18)11-2-3-13(14)15-8-11;1-4-5(2)3;1-2/h2-3,8,12H,4-7,9-10H2,1H3,(H2,14,15);4H2,1-3H3;1-2H3. The van der Waals surface area contributed by atoms with Crippen LogP contribution in [0.5, 0.6) is 0 Å². The minimum absolute atomic E-state index is 0.592. The normalized spacial score (nSPS) is 18.8. The molecule has 1 aromatic rings. The third kappa shape index (κ3) is 7.18. The second-order valence-corrected chi connectivity index (χ2v) is 6.74. The summed E-state index contributed by atoms with van der Waals surface area (Å²) in [6.45, 7) is 14.2. The lowest BCUT2D eigenvalue weighted by Gasteiger charge is -2.47. The van der Waals surface area contributed by atoms with Crippen LogP contribution in [0.1, 0.15) is 20.8 Å². The number of piperazine rings is 1. The van der Waals surface area contributed by atoms with Crippen molar-refractivity contribution >= 4 is 11.5 Å². The molecule has 0 unspecified atom stereocenters. The van der Waals surface area contributed by atoms with Crippen LogP contribution in [0.3, 0.4) is 0 Å². The maximum atomic E-state index is 5.61. The van der Waals surface area contributed by atoms with Crippen molar-refractivity contribution in [3.05, 3.63) is 18.3 Å². The molecule has 0 amide bonds. The fraction of sp³-hybridized carbons (Fsp3) is 0.737. The van der Waals surface area contributed by atoms with Gasteiger partial charge >= 0.3 is 0 Å². The molecule has 3 rings (SSSR count). The van der Waals surface area contributed by atoms with E-state index >= 15 is 0 Å². The molecule has 2 N–H and O–H groups in total. The van der Waals surface area contributed by atoms with Crippen LogP contribution < -0.4 is 10.6 Å². The number of rotatable bonds is 3. The third-order valence-electron chi connectivity index (χ3n) is 4.64. The maximum Gasteiger partial charge on any atom is 0.123 e. The number of nitrogens with zero attached hydrogens (tertiary/aromatic N) is 5. The lowest BCUT2D eigenvalue weighted by atomic mass is 10.1. The van der Waals surface area contributed by atoms with Gasteiger partial charge in [0.1, 0.15) is 5.82 Å². The van der Waals surface area contributed by atoms with Crippen LogP contribution >= 0.6 is 0 Å². The Morgan fingerprint density at radius 2 is 1.68 bits per heavy atom. The summed E-state index contributed by atoms with van der Waals surface area (Å²) in [4.78, 5) is 13.7. The van der Waals surface area contributed by atoms with Crippen LogP contribution in [0.25, 0.3) is 0 Å². The Kier molecular flexibility index (Phi) is 9.78. The lowest BCUT2D eigenvalue weighted by Crippen LogP contribution is -2.61. The van der Waals surface area contributed by atoms with E-state index in [0.29, 0.717) is 5.82 Å². The van der Waals surface area contributed by atoms with Crippen LogP contribution in [0.15, 0.2) is 18.3 Å². The van der Waals surface area contributed by atoms with Crippen LogP contribution in [0, 0.1) is 0 Å². The first-order valence-electron chi connectivity index (χ1n) is 9.53. The molecule has 0 spiro atoms. The molecule has 0 atom stereocenters. The first-order valence-corrected chi connectivity index (χ1v) is 9.53. The number of nitrogens with two attached hydrogens (primary N) is 1. The first-order chi connectivity index (χ1) is 12.0. The lowest BCUT2D eigenvalue weighted by molar-refractivity contribution is 0.0488. The molecule has 1 aromatic heterocycles. The Bertz CT molecular complexity index is 447. The van der Waals surface area contributed by atoms with E-state index < -0.39 is 0 Å². The zero-order valence-electron chi connectivity index (χ0n) is 17.1. The third-order valence-corrected chi connectivity index (χ3v) is 4.64. The van der Waals surface area contributed by atoms with Crippen molar-refractivity contribution in [3.63, 3.8) is 0 Å². The zero-order valence-corrected chi connectivity index (χ0v) is 17.1. The van der Waals surface area contributed by atoms with Gasteiger partial charge in [0.2, 0.25) is 0 Å². The maximum absolute atomic E-state index is 5.61. The summed E-state index contributed by atoms with van der Waals surface area (Å²) in [6.07, 6.45) is 1.88. The molecule has 2 saturated heterocycles. The number of nitrogen functional groups attached to an aromatic ring is 1. The van der Waals surface area contributed by atoms with Crippen LogP contribution in [-0.4, -0.2) is 92.7 Å². The van der Waals surface area contributed by atoms with Crippen molar-refractivity contribution in [2.45, 2.75) is 26.8 Å². The Labute approximate surface area is 154 Å². The molecule has 2 fully saturated rings. The average Bonchev–Trinajstić information content (AvgIpc) is 2.62. The van der Waals surface area contributed by atoms with Crippen molar-refractivity contribution in [3.8, 4) is 0 Å². The Morgan fingerprint density at radius 3 is 2.08 bits per heavy atom.